The van der Waals surface area contributed by atoms with Crippen LogP contribution in [0.15, 0.2) is 29.2 Å². The van der Waals surface area contributed by atoms with Gasteiger partial charge in [-0.25, -0.2) is 0 Å². The molecule has 1 aliphatic rings. The van der Waals surface area contributed by atoms with Crippen LogP contribution in [0.25, 0.3) is 0 Å². The molecule has 0 atom stereocenters. The first-order valence-electron chi connectivity index (χ1n) is 7.38. The predicted octanol–water partition coefficient (Wildman–Crippen LogP) is 2.39. The largest absolute Gasteiger partial charge is 0.334 e. The fourth-order valence-electron chi connectivity index (χ4n) is 2.94. The molecular weight excluding hydrogens is 282 g/mol. The fraction of sp³-hybridized carbons (Fsp3) is 0.375. The molecule has 0 aliphatic heterocycles. The van der Waals surface area contributed by atoms with E-state index in [2.05, 4.69) is 4.98 Å². The maximum atomic E-state index is 12.5. The van der Waals surface area contributed by atoms with E-state index in [9.17, 15) is 14.9 Å². The van der Waals surface area contributed by atoms with Gasteiger partial charge in [0.15, 0.2) is 0 Å². The summed E-state index contributed by atoms with van der Waals surface area (Å²) in [5.74, 6) is 0. The lowest BCUT2D eigenvalue weighted by atomic mass is 9.95. The molecule has 0 amide bonds. The number of hydrogen-bond acceptors (Lipinski definition) is 4. The Bertz CT molecular complexity index is 778. The third-order valence-electron chi connectivity index (χ3n) is 4.09. The molecule has 2 aromatic rings. The van der Waals surface area contributed by atoms with Gasteiger partial charge in [0, 0.05) is 23.7 Å². The zero-order valence-electron chi connectivity index (χ0n) is 12.4. The minimum Gasteiger partial charge on any atom is -0.302 e. The van der Waals surface area contributed by atoms with Gasteiger partial charge in [-0.2, -0.15) is 0 Å². The van der Waals surface area contributed by atoms with Gasteiger partial charge >= 0.3 is 11.2 Å². The number of pyridine rings is 2. The van der Waals surface area contributed by atoms with E-state index >= 15 is 0 Å². The van der Waals surface area contributed by atoms with Gasteiger partial charge in [-0.05, 0) is 49.8 Å². The number of hydrogen-bond donors (Lipinski definition) is 0. The molecule has 0 fully saturated rings. The molecule has 6 heteroatoms. The third kappa shape index (κ3) is 2.64. The molecule has 2 aromatic heterocycles. The van der Waals surface area contributed by atoms with Gasteiger partial charge in [0.25, 0.3) is 0 Å². The number of nitro groups is 1. The second kappa shape index (κ2) is 5.71. The molecule has 0 aromatic carbocycles. The normalized spacial score (nSPS) is 13.7. The number of aryl methyl sites for hydroxylation is 2. The zero-order chi connectivity index (χ0) is 15.7. The van der Waals surface area contributed by atoms with Gasteiger partial charge in [-0.3, -0.25) is 19.9 Å². The molecule has 0 N–H and O–H groups in total. The third-order valence-corrected chi connectivity index (χ3v) is 4.09. The number of aromatic nitrogens is 2. The summed E-state index contributed by atoms with van der Waals surface area (Å²) < 4.78 is 1.55. The smallest absolute Gasteiger partial charge is 0.302 e. The van der Waals surface area contributed by atoms with Gasteiger partial charge < -0.3 is 4.57 Å². The Hall–Kier alpha value is -2.50. The molecule has 0 radical (unpaired) electrons. The number of fused-ring (bicyclic) bond motifs is 1. The molecule has 114 valence electrons. The minimum absolute atomic E-state index is 0.329. The van der Waals surface area contributed by atoms with E-state index in [0.29, 0.717) is 6.54 Å². The lowest BCUT2D eigenvalue weighted by Gasteiger charge is -2.20. The van der Waals surface area contributed by atoms with Crippen LogP contribution in [0.2, 0.25) is 0 Å². The van der Waals surface area contributed by atoms with E-state index in [-0.39, 0.29) is 5.69 Å². The Kier molecular flexibility index (Phi) is 3.75. The molecule has 0 bridgehead atoms. The number of nitrogens with zero attached hydrogens (tertiary/aromatic N) is 3. The first-order valence-corrected chi connectivity index (χ1v) is 7.38. The average Bonchev–Trinajstić information content (AvgIpc) is 2.51. The Morgan fingerprint density at radius 2 is 2.09 bits per heavy atom. The van der Waals surface area contributed by atoms with Gasteiger partial charge in [-0.15, -0.1) is 0 Å². The van der Waals surface area contributed by atoms with Crippen LogP contribution in [0.4, 0.5) is 5.69 Å². The molecule has 3 rings (SSSR count). The molecule has 22 heavy (non-hydrogen) atoms. The molecule has 6 nitrogen and oxygen atoms in total. The lowest BCUT2D eigenvalue weighted by Crippen LogP contribution is -2.29. The Labute approximate surface area is 127 Å². The van der Waals surface area contributed by atoms with E-state index in [1.54, 1.807) is 10.8 Å². The Morgan fingerprint density at radius 1 is 1.32 bits per heavy atom. The molecule has 0 saturated heterocycles. The van der Waals surface area contributed by atoms with E-state index < -0.39 is 10.5 Å². The highest BCUT2D eigenvalue weighted by atomic mass is 16.6. The van der Waals surface area contributed by atoms with Crippen molar-refractivity contribution in [3.63, 3.8) is 0 Å². The van der Waals surface area contributed by atoms with Crippen molar-refractivity contribution in [2.75, 3.05) is 0 Å². The average molecular weight is 299 g/mol. The summed E-state index contributed by atoms with van der Waals surface area (Å²) in [6, 6.07) is 5.24. The Balaban J connectivity index is 2.12. The van der Waals surface area contributed by atoms with Crippen molar-refractivity contribution >= 4 is 5.69 Å². The van der Waals surface area contributed by atoms with Crippen molar-refractivity contribution in [3.05, 3.63) is 67.4 Å². The predicted molar refractivity (Wildman–Crippen MR) is 82.1 cm³/mol. The van der Waals surface area contributed by atoms with Crippen molar-refractivity contribution in [1.29, 1.82) is 0 Å². The monoisotopic (exact) mass is 299 g/mol. The van der Waals surface area contributed by atoms with Crippen LogP contribution in [-0.2, 0) is 19.4 Å². The van der Waals surface area contributed by atoms with E-state index in [1.807, 2.05) is 19.1 Å². The highest BCUT2D eigenvalue weighted by molar-refractivity contribution is 5.37. The van der Waals surface area contributed by atoms with Crippen LogP contribution in [0.1, 0.15) is 35.4 Å². The maximum absolute atomic E-state index is 12.5. The molecule has 1 aliphatic carbocycles. The molecule has 0 unspecified atom stereocenters. The van der Waals surface area contributed by atoms with Crippen LogP contribution in [-0.4, -0.2) is 14.5 Å². The summed E-state index contributed by atoms with van der Waals surface area (Å²) in [5, 5.41) is 11.1. The van der Waals surface area contributed by atoms with Gasteiger partial charge in [0.05, 0.1) is 11.5 Å². The highest BCUT2D eigenvalue weighted by Gasteiger charge is 2.23. The first-order chi connectivity index (χ1) is 10.6. The zero-order valence-corrected chi connectivity index (χ0v) is 12.4. The van der Waals surface area contributed by atoms with Crippen LogP contribution in [0.3, 0.4) is 0 Å². The summed E-state index contributed by atoms with van der Waals surface area (Å²) in [7, 11) is 0. The molecule has 0 saturated carbocycles. The van der Waals surface area contributed by atoms with E-state index in [4.69, 9.17) is 0 Å². The Morgan fingerprint density at radius 3 is 2.77 bits per heavy atom. The van der Waals surface area contributed by atoms with Crippen molar-refractivity contribution in [1.82, 2.24) is 9.55 Å². The lowest BCUT2D eigenvalue weighted by molar-refractivity contribution is -0.386. The number of rotatable bonds is 3. The van der Waals surface area contributed by atoms with Gasteiger partial charge in [0.1, 0.15) is 0 Å². The molecular formula is C16H17N3O3. The van der Waals surface area contributed by atoms with Crippen LogP contribution < -0.4 is 5.56 Å². The molecule has 2 heterocycles. The standard InChI is InChI=1S/C16H17N3O3/c1-11-6-7-12(9-17-11)10-18-14-5-3-2-4-13(14)8-15(16(18)20)19(21)22/h6-9H,2-5,10H2,1H3. The highest BCUT2D eigenvalue weighted by Crippen LogP contribution is 2.23. The van der Waals surface area contributed by atoms with Crippen molar-refractivity contribution in [2.45, 2.75) is 39.2 Å². The topological polar surface area (TPSA) is 78.0 Å². The second-order valence-corrected chi connectivity index (χ2v) is 5.66. The summed E-state index contributed by atoms with van der Waals surface area (Å²) in [5.41, 5.74) is 2.78. The van der Waals surface area contributed by atoms with Gasteiger partial charge in [0.2, 0.25) is 0 Å². The maximum Gasteiger partial charge on any atom is 0.334 e. The first kappa shape index (κ1) is 14.4. The summed E-state index contributed by atoms with van der Waals surface area (Å²) >= 11 is 0. The quantitative estimate of drug-likeness (QED) is 0.644. The summed E-state index contributed by atoms with van der Waals surface area (Å²) in [4.78, 5) is 27.2. The van der Waals surface area contributed by atoms with Crippen molar-refractivity contribution in [2.24, 2.45) is 0 Å². The van der Waals surface area contributed by atoms with Crippen LogP contribution in [0, 0.1) is 17.0 Å². The summed E-state index contributed by atoms with van der Waals surface area (Å²) in [6.45, 7) is 2.22. The molecule has 0 spiro atoms. The van der Waals surface area contributed by atoms with Crippen molar-refractivity contribution < 1.29 is 4.92 Å². The van der Waals surface area contributed by atoms with E-state index in [1.165, 1.54) is 6.07 Å². The van der Waals surface area contributed by atoms with Gasteiger partial charge in [-0.1, -0.05) is 6.07 Å². The van der Waals surface area contributed by atoms with E-state index in [0.717, 1.165) is 48.2 Å². The fourth-order valence-corrected chi connectivity index (χ4v) is 2.94. The second-order valence-electron chi connectivity index (χ2n) is 5.66. The van der Waals surface area contributed by atoms with Crippen LogP contribution in [0.5, 0.6) is 0 Å². The van der Waals surface area contributed by atoms with Crippen LogP contribution >= 0.6 is 0 Å². The summed E-state index contributed by atoms with van der Waals surface area (Å²) in [6.07, 6.45) is 5.32. The minimum atomic E-state index is -0.582. The SMILES string of the molecule is Cc1ccc(Cn2c3c(cc([N+](=O)[O-])c2=O)CCCC3)cn1. The van der Waals surface area contributed by atoms with Crippen molar-refractivity contribution in [3.8, 4) is 0 Å².